The Kier molecular flexibility index (Phi) is 11.1. The summed E-state index contributed by atoms with van der Waals surface area (Å²) >= 11 is 6.80. The predicted octanol–water partition coefficient (Wildman–Crippen LogP) is 6.86. The summed E-state index contributed by atoms with van der Waals surface area (Å²) in [5, 5.41) is 4.91. The Bertz CT molecular complexity index is 2550. The fraction of sp³-hybridized carbons (Fsp3) is 0.487. The number of halogens is 6. The van der Waals surface area contributed by atoms with Crippen LogP contribution >= 0.6 is 11.6 Å². The number of benzene rings is 2. The Morgan fingerprint density at radius 2 is 1.64 bits per heavy atom. The predicted molar refractivity (Wildman–Crippen MR) is 211 cm³/mol. The summed E-state index contributed by atoms with van der Waals surface area (Å²) in [7, 11) is -3.90. The third-order valence-electron chi connectivity index (χ3n) is 10.9. The fourth-order valence-corrected chi connectivity index (χ4v) is 8.93. The molecule has 2 fully saturated rings. The number of hydrogen-bond donors (Lipinski definition) is 2. The number of alkyl halides is 3. The van der Waals surface area contributed by atoms with Crippen LogP contribution in [0.5, 0.6) is 0 Å². The average Bonchev–Trinajstić information content (AvgIpc) is 3.45. The molecule has 3 aromatic heterocycles. The van der Waals surface area contributed by atoms with E-state index < -0.39 is 70.5 Å². The number of aromatic nitrogens is 5. The van der Waals surface area contributed by atoms with Crippen LogP contribution in [0.2, 0.25) is 5.02 Å². The summed E-state index contributed by atoms with van der Waals surface area (Å²) in [4.78, 5) is 26.4. The van der Waals surface area contributed by atoms with Gasteiger partial charge in [0.05, 0.1) is 63.7 Å². The molecule has 0 unspecified atom stereocenters. The van der Waals surface area contributed by atoms with E-state index in [1.54, 1.807) is 11.6 Å². The number of pyridine rings is 1. The first-order valence-electron chi connectivity index (χ1n) is 18.9. The molecule has 0 spiro atoms. The Balaban J connectivity index is 1.47. The number of anilines is 1. The van der Waals surface area contributed by atoms with Gasteiger partial charge in [0.15, 0.2) is 17.1 Å². The molecule has 1 aliphatic carbocycles. The van der Waals surface area contributed by atoms with E-state index in [-0.39, 0.29) is 92.3 Å². The maximum absolute atomic E-state index is 16.4. The van der Waals surface area contributed by atoms with Crippen LogP contribution < -0.4 is 16.0 Å². The van der Waals surface area contributed by atoms with E-state index in [2.05, 4.69) is 19.7 Å². The summed E-state index contributed by atoms with van der Waals surface area (Å²) < 4.78 is 110. The Labute approximate surface area is 336 Å². The highest BCUT2D eigenvalue weighted by molar-refractivity contribution is 7.92. The first kappa shape index (κ1) is 41.9. The molecule has 3 N–H and O–H groups in total. The highest BCUT2D eigenvalue weighted by Crippen LogP contribution is 2.46. The number of sulfonamides is 1. The van der Waals surface area contributed by atoms with Gasteiger partial charge in [-0.2, -0.15) is 5.10 Å². The van der Waals surface area contributed by atoms with E-state index in [0.717, 1.165) is 18.4 Å². The number of ether oxygens (including phenoxy) is 1. The molecule has 7 rings (SSSR count). The highest BCUT2D eigenvalue weighted by Gasteiger charge is 2.46. The van der Waals surface area contributed by atoms with Gasteiger partial charge >= 0.3 is 0 Å². The van der Waals surface area contributed by atoms with Crippen molar-refractivity contribution in [2.75, 3.05) is 24.1 Å². The normalized spacial score (nSPS) is 21.0. The summed E-state index contributed by atoms with van der Waals surface area (Å²) in [5.41, 5.74) is 4.28. The van der Waals surface area contributed by atoms with Crippen molar-refractivity contribution in [3.8, 4) is 5.69 Å². The van der Waals surface area contributed by atoms with Crippen LogP contribution in [0, 0.1) is 18.6 Å². The standard InChI is InChI=1S/C39H44ClF5N8O4S/c1-20-12-30(38(43)8-10-39(44,45)11-9-38)47-34-31(20)37(54)53(36(48-34)28(46)15-24-13-25(41)16-26(42)14-24)29-7-6-27(40)32-33(29)52(49-35(32)50-58(5,55)56)17-21(2)51-18-22(3)57-23(4)19-51/h6-7,12-14,16,21-23,28H,8-11,15,17-19,46H2,1-5H3,(H,49,50)/t21-,22-,23+,28-/m0/s1. The Morgan fingerprint density at radius 1 is 1.00 bits per heavy atom. The van der Waals surface area contributed by atoms with Gasteiger partial charge in [-0.3, -0.25) is 23.7 Å². The molecule has 1 saturated carbocycles. The van der Waals surface area contributed by atoms with Crippen molar-refractivity contribution >= 4 is 49.4 Å². The lowest BCUT2D eigenvalue weighted by Gasteiger charge is -2.39. The van der Waals surface area contributed by atoms with Gasteiger partial charge in [-0.25, -0.2) is 40.3 Å². The molecule has 58 heavy (non-hydrogen) atoms. The Morgan fingerprint density at radius 3 is 2.26 bits per heavy atom. The second-order valence-electron chi connectivity index (χ2n) is 15.8. The minimum atomic E-state index is -3.90. The SMILES string of the molecule is Cc1cc(C2(F)CCC(F)(F)CC2)nc2nc([C@@H](N)Cc3cc(F)cc(F)c3)n(-c3ccc(Cl)c4c(NS(C)(=O)=O)nn(C[C@H](C)N5C[C@@H](C)O[C@@H](C)C5)c34)c(=O)c12. The lowest BCUT2D eigenvalue weighted by Crippen LogP contribution is -2.50. The van der Waals surface area contributed by atoms with Crippen LogP contribution in [0.25, 0.3) is 27.6 Å². The summed E-state index contributed by atoms with van der Waals surface area (Å²) in [6.45, 7) is 8.87. The van der Waals surface area contributed by atoms with E-state index in [1.807, 2.05) is 20.8 Å². The number of rotatable bonds is 10. The average molecular weight is 851 g/mol. The van der Waals surface area contributed by atoms with Crippen molar-refractivity contribution in [2.45, 2.75) is 102 Å². The molecule has 0 bridgehead atoms. The first-order chi connectivity index (χ1) is 27.1. The largest absolute Gasteiger partial charge is 0.373 e. The van der Waals surface area contributed by atoms with Gasteiger partial charge in [-0.15, -0.1) is 0 Å². The minimum Gasteiger partial charge on any atom is -0.373 e. The third-order valence-corrected chi connectivity index (χ3v) is 11.7. The molecule has 12 nitrogen and oxygen atoms in total. The summed E-state index contributed by atoms with van der Waals surface area (Å²) in [6.07, 6.45) is -1.75. The van der Waals surface area contributed by atoms with Gasteiger partial charge < -0.3 is 10.5 Å². The number of morpholine rings is 1. The van der Waals surface area contributed by atoms with Gasteiger partial charge in [-0.05, 0) is 88.4 Å². The molecule has 0 amide bonds. The Hall–Kier alpha value is -4.23. The van der Waals surface area contributed by atoms with E-state index >= 15 is 9.18 Å². The lowest BCUT2D eigenvalue weighted by atomic mass is 9.81. The molecule has 0 radical (unpaired) electrons. The molecule has 19 heteroatoms. The smallest absolute Gasteiger partial charge is 0.268 e. The van der Waals surface area contributed by atoms with E-state index in [9.17, 15) is 26.0 Å². The van der Waals surface area contributed by atoms with E-state index in [1.165, 1.54) is 22.8 Å². The zero-order valence-corrected chi connectivity index (χ0v) is 34.1. The monoisotopic (exact) mass is 850 g/mol. The van der Waals surface area contributed by atoms with Crippen molar-refractivity contribution in [3.63, 3.8) is 0 Å². The van der Waals surface area contributed by atoms with E-state index in [0.29, 0.717) is 19.2 Å². The first-order valence-corrected chi connectivity index (χ1v) is 21.2. The van der Waals surface area contributed by atoms with Crippen molar-refractivity contribution < 1.29 is 35.1 Å². The van der Waals surface area contributed by atoms with Crippen LogP contribution in [-0.4, -0.2) is 81.2 Å². The second-order valence-corrected chi connectivity index (χ2v) is 18.0. The molecule has 1 aliphatic heterocycles. The van der Waals surface area contributed by atoms with Gasteiger partial charge in [0, 0.05) is 38.0 Å². The number of hydrogen-bond acceptors (Lipinski definition) is 9. The number of nitrogens with one attached hydrogen (secondary N) is 1. The molecular formula is C39H44ClF5N8O4S. The van der Waals surface area contributed by atoms with Crippen LogP contribution in [0.1, 0.15) is 75.1 Å². The topological polar surface area (TPSA) is 150 Å². The van der Waals surface area contributed by atoms with Gasteiger partial charge in [0.2, 0.25) is 15.9 Å². The molecule has 4 atom stereocenters. The van der Waals surface area contributed by atoms with Crippen molar-refractivity contribution in [3.05, 3.63) is 86.1 Å². The quantitative estimate of drug-likeness (QED) is 0.144. The highest BCUT2D eigenvalue weighted by atomic mass is 35.5. The molecule has 4 heterocycles. The van der Waals surface area contributed by atoms with Crippen molar-refractivity contribution in [2.24, 2.45) is 5.73 Å². The maximum atomic E-state index is 16.4. The van der Waals surface area contributed by atoms with Crippen molar-refractivity contribution in [1.82, 2.24) is 29.2 Å². The fourth-order valence-electron chi connectivity index (χ4n) is 8.19. The zero-order valence-electron chi connectivity index (χ0n) is 32.5. The molecule has 312 valence electrons. The maximum Gasteiger partial charge on any atom is 0.268 e. The number of aryl methyl sites for hydroxylation is 1. The zero-order chi connectivity index (χ0) is 42.1. The van der Waals surface area contributed by atoms with Crippen LogP contribution in [0.15, 0.2) is 41.2 Å². The number of nitrogens with zero attached hydrogens (tertiary/aromatic N) is 6. The van der Waals surface area contributed by atoms with E-state index in [4.69, 9.17) is 27.1 Å². The third kappa shape index (κ3) is 8.44. The lowest BCUT2D eigenvalue weighted by molar-refractivity contribution is -0.0801. The minimum absolute atomic E-state index is 0.0328. The van der Waals surface area contributed by atoms with Gasteiger partial charge in [0.1, 0.15) is 17.5 Å². The molecule has 2 aromatic carbocycles. The second kappa shape index (κ2) is 15.4. The van der Waals surface area contributed by atoms with Crippen LogP contribution in [-0.2, 0) is 33.4 Å². The van der Waals surface area contributed by atoms with Crippen LogP contribution in [0.4, 0.5) is 27.8 Å². The summed E-state index contributed by atoms with van der Waals surface area (Å²) in [6, 6.07) is 5.79. The van der Waals surface area contributed by atoms with Gasteiger partial charge in [-0.1, -0.05) is 11.6 Å². The molecular weight excluding hydrogens is 807 g/mol. The van der Waals surface area contributed by atoms with Gasteiger partial charge in [0.25, 0.3) is 5.56 Å². The van der Waals surface area contributed by atoms with Crippen LogP contribution in [0.3, 0.4) is 0 Å². The number of fused-ring (bicyclic) bond motifs is 2. The summed E-state index contributed by atoms with van der Waals surface area (Å²) in [5.74, 6) is -4.98. The molecule has 2 aliphatic rings. The number of nitrogens with two attached hydrogens (primary N) is 1. The molecule has 1 saturated heterocycles. The molecule has 5 aromatic rings. The van der Waals surface area contributed by atoms with Crippen molar-refractivity contribution in [1.29, 1.82) is 0 Å².